The van der Waals surface area contributed by atoms with Crippen LogP contribution in [0.4, 0.5) is 0 Å². The van der Waals surface area contributed by atoms with Crippen LogP contribution in [0.2, 0.25) is 0 Å². The Morgan fingerprint density at radius 2 is 0.167 bits per heavy atom. The average Bonchev–Trinajstić information content (AvgIpc) is 2.48. The van der Waals surface area contributed by atoms with Gasteiger partial charge in [0.05, 0.1) is 28.6 Å². The minimum absolute atomic E-state index is 0.854. The van der Waals surface area contributed by atoms with Crippen molar-refractivity contribution in [1.29, 1.82) is 0 Å². The monoisotopic (exact) mass is 1130 g/mol. The van der Waals surface area contributed by atoms with Crippen molar-refractivity contribution in [3.63, 3.8) is 0 Å². The largest absolute Gasteiger partial charge is 0.345 e. The Morgan fingerprint density at radius 3 is 0.167 bits per heavy atom. The molecule has 0 aliphatic carbocycles. The van der Waals surface area contributed by atoms with E-state index in [-0.39, 0.29) is 0 Å². The molecular formula is C25H86O23P12. The Bertz CT molecular complexity index is 1080. The van der Waals surface area contributed by atoms with Crippen LogP contribution in [0.1, 0.15) is 0 Å². The number of hydrogen-bond donors (Lipinski definition) is 11. The highest BCUT2D eigenvalue weighted by Crippen LogP contribution is 2.32. The van der Waals surface area contributed by atoms with Crippen LogP contribution in [0.5, 0.6) is 0 Å². The van der Waals surface area contributed by atoms with E-state index in [1.165, 1.54) is 66.6 Å². The summed E-state index contributed by atoms with van der Waals surface area (Å²) in [5.74, 6) is 0. The Morgan fingerprint density at radius 1 is 0.167 bits per heavy atom. The van der Waals surface area contributed by atoms with Crippen molar-refractivity contribution in [1.82, 2.24) is 0 Å². The van der Waals surface area contributed by atoms with Gasteiger partial charge in [0, 0.05) is 86.6 Å². The predicted molar refractivity (Wildman–Crippen MR) is 264 cm³/mol. The Balaban J connectivity index is -0.0000000419. The smallest absolute Gasteiger partial charge is 0.322 e. The Kier molecular flexibility index (Phi) is 62.3. The minimum atomic E-state index is -3.64. The highest BCUT2D eigenvalue weighted by atomic mass is 31.2. The quantitative estimate of drug-likeness (QED) is 0.110. The van der Waals surface area contributed by atoms with Crippen molar-refractivity contribution in [2.75, 3.05) is 167 Å². The lowest BCUT2D eigenvalue weighted by Crippen LogP contribution is -1.64. The van der Waals surface area contributed by atoms with E-state index in [4.69, 9.17) is 53.8 Å². The van der Waals surface area contributed by atoms with Crippen molar-refractivity contribution in [3.8, 4) is 0 Å². The van der Waals surface area contributed by atoms with Crippen LogP contribution in [0, 0.1) is 0 Å². The molecule has 0 rings (SSSR count). The molecule has 0 aromatic rings. The molecule has 0 bridgehead atoms. The highest BCUT2D eigenvalue weighted by Gasteiger charge is 1.97. The van der Waals surface area contributed by atoms with Crippen molar-refractivity contribution >= 4 is 88.2 Å². The van der Waals surface area contributed by atoms with Gasteiger partial charge in [-0.2, -0.15) is 0 Å². The molecular weight excluding hydrogens is 1040 g/mol. The molecule has 0 fully saturated rings. The summed E-state index contributed by atoms with van der Waals surface area (Å²) in [6, 6.07) is 0. The van der Waals surface area contributed by atoms with Crippen LogP contribution < -0.4 is 0 Å². The zero-order chi connectivity index (χ0) is 54.0. The molecule has 0 aromatic carbocycles. The van der Waals surface area contributed by atoms with Gasteiger partial charge in [-0.3, -0.25) is 36.5 Å². The Labute approximate surface area is 362 Å². The molecule has 384 valence electrons. The molecule has 0 spiro atoms. The lowest BCUT2D eigenvalue weighted by Gasteiger charge is -1.86. The molecule has 11 N–H and O–H groups in total. The third-order valence-electron chi connectivity index (χ3n) is 0. The standard InChI is InChI=1S/4C3H9OP.5C2H7O2P.3CH5O3P/c12*1-5(2,3)4/h4*1-3H3;5*1-2H3,(H,3,4);3*1H3,(H2,2,3,4). The van der Waals surface area contributed by atoms with E-state index in [9.17, 15) is 54.8 Å². The second-order valence-corrected chi connectivity index (χ2v) is 49.6. The van der Waals surface area contributed by atoms with Gasteiger partial charge in [0.15, 0.2) is 36.8 Å². The minimum Gasteiger partial charge on any atom is -0.345 e. The molecule has 0 aliphatic heterocycles. The predicted octanol–water partition coefficient (Wildman–Crippen LogP) is 6.92. The summed E-state index contributed by atoms with van der Waals surface area (Å²) < 4.78 is 118. The van der Waals surface area contributed by atoms with Crippen molar-refractivity contribution in [2.24, 2.45) is 0 Å². The summed E-state index contributed by atoms with van der Waals surface area (Å²) in [4.78, 5) is 86.2. The first-order chi connectivity index (χ1) is 24.0. The van der Waals surface area contributed by atoms with Crippen molar-refractivity contribution in [3.05, 3.63) is 0 Å². The molecule has 0 aliphatic rings. The first-order valence-electron chi connectivity index (χ1n) is 15.6. The zero-order valence-corrected chi connectivity index (χ0v) is 50.9. The van der Waals surface area contributed by atoms with E-state index in [0.29, 0.717) is 0 Å². The van der Waals surface area contributed by atoms with Crippen LogP contribution in [0.25, 0.3) is 0 Å². The van der Waals surface area contributed by atoms with Gasteiger partial charge < -0.3 is 72.1 Å². The molecule has 0 heterocycles. The fourth-order valence-electron chi connectivity index (χ4n) is 0. The van der Waals surface area contributed by atoms with Gasteiger partial charge in [0.2, 0.25) is 0 Å². The van der Waals surface area contributed by atoms with E-state index >= 15 is 0 Å². The molecule has 0 saturated carbocycles. The van der Waals surface area contributed by atoms with Gasteiger partial charge in [-0.05, 0) is 80.0 Å². The second kappa shape index (κ2) is 40.4. The van der Waals surface area contributed by atoms with E-state index in [1.54, 1.807) is 80.0 Å². The summed E-state index contributed by atoms with van der Waals surface area (Å²) in [6.07, 6.45) is 0. The van der Waals surface area contributed by atoms with Crippen molar-refractivity contribution in [2.45, 2.75) is 0 Å². The molecule has 0 saturated heterocycles. The summed E-state index contributed by atoms with van der Waals surface area (Å²) >= 11 is 0. The van der Waals surface area contributed by atoms with E-state index in [1.807, 2.05) is 0 Å². The van der Waals surface area contributed by atoms with E-state index in [2.05, 4.69) is 0 Å². The third kappa shape index (κ3) is 39400. The molecule has 0 amide bonds. The molecule has 0 unspecified atom stereocenters. The first kappa shape index (κ1) is 92.5. The third-order valence-corrected chi connectivity index (χ3v) is 0. The van der Waals surface area contributed by atoms with Gasteiger partial charge >= 0.3 is 22.8 Å². The molecule has 23 nitrogen and oxygen atoms in total. The maximum atomic E-state index is 10.2. The van der Waals surface area contributed by atoms with Gasteiger partial charge in [-0.15, -0.1) is 0 Å². The van der Waals surface area contributed by atoms with Crippen LogP contribution >= 0.6 is 88.2 Å². The maximum absolute atomic E-state index is 10.2. The van der Waals surface area contributed by atoms with Crippen LogP contribution in [0.15, 0.2) is 0 Å². The normalized spacial score (nSPS) is 11.8. The summed E-state index contributed by atoms with van der Waals surface area (Å²) in [5, 5.41) is 0. The summed E-state index contributed by atoms with van der Waals surface area (Å²) in [7, 11) is -30.7. The van der Waals surface area contributed by atoms with Crippen LogP contribution in [-0.2, 0) is 54.8 Å². The van der Waals surface area contributed by atoms with E-state index < -0.39 is 88.2 Å². The summed E-state index contributed by atoms with van der Waals surface area (Å²) in [5.41, 5.74) is 0. The summed E-state index contributed by atoms with van der Waals surface area (Å²) in [6.45, 7) is 36.5. The maximum Gasteiger partial charge on any atom is 0.322 e. The molecule has 0 aromatic heterocycles. The van der Waals surface area contributed by atoms with E-state index in [0.717, 1.165) is 20.0 Å². The van der Waals surface area contributed by atoms with Crippen molar-refractivity contribution < 1.29 is 109 Å². The fraction of sp³-hybridized carbons (Fsp3) is 1.00. The lowest BCUT2D eigenvalue weighted by atomic mass is 11.9. The molecule has 35 heteroatoms. The average molecular weight is 1130 g/mol. The van der Waals surface area contributed by atoms with Gasteiger partial charge in [-0.1, -0.05) is 0 Å². The molecule has 0 atom stereocenters. The van der Waals surface area contributed by atoms with Crippen LogP contribution in [0.3, 0.4) is 0 Å². The first-order valence-corrected chi connectivity index (χ1v) is 46.7. The lowest BCUT2D eigenvalue weighted by molar-refractivity contribution is 0.379. The molecule has 0 radical (unpaired) electrons. The SMILES string of the molecule is CP(=O)(O)O.CP(=O)(O)O.CP(=O)(O)O.CP(C)(=O)O.CP(C)(=O)O.CP(C)(=O)O.CP(C)(=O)O.CP(C)(=O)O.CP(C)(C)=O.CP(C)(C)=O.CP(C)(C)=O.CP(C)(C)=O. The number of rotatable bonds is 0. The number of hydrogen-bond acceptors (Lipinski definition) is 12. The second-order valence-electron chi connectivity index (χ2n) is 16.5. The molecule has 60 heavy (non-hydrogen) atoms. The Hall–Kier alpha value is 2.32. The highest BCUT2D eigenvalue weighted by molar-refractivity contribution is 7.62. The fourth-order valence-corrected chi connectivity index (χ4v) is 0. The van der Waals surface area contributed by atoms with Gasteiger partial charge in [-0.25, -0.2) is 0 Å². The van der Waals surface area contributed by atoms with Gasteiger partial charge in [0.1, 0.15) is 0 Å². The van der Waals surface area contributed by atoms with Gasteiger partial charge in [0.25, 0.3) is 0 Å². The topological polar surface area (TPSA) is 427 Å². The zero-order valence-electron chi connectivity index (χ0n) is 40.2. The van der Waals surface area contributed by atoms with Crippen LogP contribution in [-0.4, -0.2) is 220 Å².